The lowest BCUT2D eigenvalue weighted by Crippen LogP contribution is -1.93. The molecule has 0 heterocycles. The van der Waals surface area contributed by atoms with Gasteiger partial charge in [0.2, 0.25) is 0 Å². The molecule has 0 unspecified atom stereocenters. The van der Waals surface area contributed by atoms with Crippen molar-refractivity contribution in [2.75, 3.05) is 13.7 Å². The third kappa shape index (κ3) is 1.88. The van der Waals surface area contributed by atoms with Crippen LogP contribution in [0, 0.1) is 0 Å². The van der Waals surface area contributed by atoms with Gasteiger partial charge in [0.1, 0.15) is 0 Å². The van der Waals surface area contributed by atoms with Crippen LogP contribution in [0.5, 0.6) is 0 Å². The third-order valence-electron chi connectivity index (χ3n) is 1.23. The number of ether oxygens (including phenoxy) is 1. The minimum Gasteiger partial charge on any atom is -0.380 e. The fourth-order valence-corrected chi connectivity index (χ4v) is 0.784. The predicted octanol–water partition coefficient (Wildman–Crippen LogP) is 1.67. The van der Waals surface area contributed by atoms with Gasteiger partial charge in [-0.3, -0.25) is 0 Å². The lowest BCUT2D eigenvalue weighted by Gasteiger charge is -2.01. The molecule has 9 heavy (non-hydrogen) atoms. The van der Waals surface area contributed by atoms with E-state index in [-0.39, 0.29) is 0 Å². The van der Waals surface area contributed by atoms with Gasteiger partial charge in [-0.05, 0) is 24.1 Å². The molecule has 0 aromatic carbocycles. The van der Waals surface area contributed by atoms with Crippen molar-refractivity contribution >= 4 is 0 Å². The second-order valence-electron chi connectivity index (χ2n) is 2.00. The molecule has 0 aromatic heterocycles. The van der Waals surface area contributed by atoms with Crippen molar-refractivity contribution in [3.05, 3.63) is 29.5 Å². The highest BCUT2D eigenvalue weighted by molar-refractivity contribution is 5.19. The Morgan fingerprint density at radius 3 is 3.22 bits per heavy atom. The van der Waals surface area contributed by atoms with Gasteiger partial charge in [0.25, 0.3) is 0 Å². The Bertz CT molecular complexity index is 171. The average molecular weight is 122 g/mol. The molecular formula is C8H10O. The van der Waals surface area contributed by atoms with Crippen molar-refractivity contribution in [2.24, 2.45) is 0 Å². The Labute approximate surface area is 55.3 Å². The summed E-state index contributed by atoms with van der Waals surface area (Å²) in [7, 11) is 1.71. The van der Waals surface area contributed by atoms with Crippen LogP contribution in [0.3, 0.4) is 0 Å². The van der Waals surface area contributed by atoms with Crippen LogP contribution in [0.25, 0.3) is 0 Å². The molecule has 1 aliphatic carbocycles. The summed E-state index contributed by atoms with van der Waals surface area (Å²) in [5.41, 5.74) is 4.31. The number of methoxy groups -OCH3 is 1. The summed E-state index contributed by atoms with van der Waals surface area (Å²) in [6.45, 7) is 0.745. The Morgan fingerprint density at radius 1 is 1.78 bits per heavy atom. The smallest absolute Gasteiger partial charge is 0.0679 e. The minimum atomic E-state index is 0.745. The molecule has 0 amide bonds. The predicted molar refractivity (Wildman–Crippen MR) is 37.2 cm³/mol. The second-order valence-corrected chi connectivity index (χ2v) is 2.00. The summed E-state index contributed by atoms with van der Waals surface area (Å²) < 4.78 is 4.95. The fourth-order valence-electron chi connectivity index (χ4n) is 0.784. The number of allylic oxidation sites excluding steroid dienone is 2. The van der Waals surface area contributed by atoms with Crippen LogP contribution in [0.15, 0.2) is 29.5 Å². The Morgan fingerprint density at radius 2 is 2.67 bits per heavy atom. The maximum Gasteiger partial charge on any atom is 0.0679 e. The molecule has 0 saturated carbocycles. The van der Waals surface area contributed by atoms with E-state index < -0.39 is 0 Å². The van der Waals surface area contributed by atoms with Crippen LogP contribution < -0.4 is 0 Å². The summed E-state index contributed by atoms with van der Waals surface area (Å²) in [5.74, 6) is 0. The van der Waals surface area contributed by atoms with Crippen LogP contribution in [0.4, 0.5) is 0 Å². The van der Waals surface area contributed by atoms with E-state index in [1.54, 1.807) is 7.11 Å². The molecular weight excluding hydrogens is 112 g/mol. The van der Waals surface area contributed by atoms with E-state index in [4.69, 9.17) is 4.74 Å². The largest absolute Gasteiger partial charge is 0.380 e. The Balaban J connectivity index is 2.45. The van der Waals surface area contributed by atoms with Gasteiger partial charge in [-0.25, -0.2) is 0 Å². The first-order chi connectivity index (χ1) is 4.43. The molecule has 0 aliphatic heterocycles. The fraction of sp³-hybridized carbons (Fsp3) is 0.375. The van der Waals surface area contributed by atoms with Crippen LogP contribution in [-0.4, -0.2) is 13.7 Å². The van der Waals surface area contributed by atoms with E-state index in [1.807, 2.05) is 18.2 Å². The summed E-state index contributed by atoms with van der Waals surface area (Å²) >= 11 is 0. The quantitative estimate of drug-likeness (QED) is 0.506. The molecule has 0 bridgehead atoms. The number of hydrogen-bond donors (Lipinski definition) is 0. The van der Waals surface area contributed by atoms with Gasteiger partial charge < -0.3 is 4.74 Å². The zero-order valence-electron chi connectivity index (χ0n) is 5.55. The summed E-state index contributed by atoms with van der Waals surface area (Å²) in [5, 5.41) is 0. The van der Waals surface area contributed by atoms with E-state index in [9.17, 15) is 0 Å². The van der Waals surface area contributed by atoms with Gasteiger partial charge in [-0.15, -0.1) is 5.73 Å². The van der Waals surface area contributed by atoms with E-state index in [1.165, 1.54) is 5.57 Å². The van der Waals surface area contributed by atoms with E-state index in [0.717, 1.165) is 13.0 Å². The van der Waals surface area contributed by atoms with Crippen molar-refractivity contribution in [1.29, 1.82) is 0 Å². The monoisotopic (exact) mass is 122 g/mol. The number of rotatable bonds is 2. The molecule has 0 spiro atoms. The maximum absolute atomic E-state index is 4.95. The highest BCUT2D eigenvalue weighted by atomic mass is 16.5. The molecule has 1 nitrogen and oxygen atoms in total. The Hall–Kier alpha value is -0.780. The van der Waals surface area contributed by atoms with Crippen LogP contribution in [0.2, 0.25) is 0 Å². The molecule has 0 atom stereocenters. The normalized spacial score (nSPS) is 15.9. The van der Waals surface area contributed by atoms with Gasteiger partial charge in [-0.2, -0.15) is 0 Å². The first-order valence-corrected chi connectivity index (χ1v) is 3.01. The molecule has 0 fully saturated rings. The van der Waals surface area contributed by atoms with E-state index >= 15 is 0 Å². The first kappa shape index (κ1) is 6.34. The highest BCUT2D eigenvalue weighted by Gasteiger charge is 1.93. The zero-order chi connectivity index (χ0) is 6.53. The van der Waals surface area contributed by atoms with Crippen LogP contribution in [-0.2, 0) is 4.74 Å². The van der Waals surface area contributed by atoms with Crippen molar-refractivity contribution in [1.82, 2.24) is 0 Å². The Kier molecular flexibility index (Phi) is 2.32. The van der Waals surface area contributed by atoms with Crippen LogP contribution >= 0.6 is 0 Å². The van der Waals surface area contributed by atoms with E-state index in [0.29, 0.717) is 0 Å². The lowest BCUT2D eigenvalue weighted by molar-refractivity contribution is 0.224. The topological polar surface area (TPSA) is 9.23 Å². The third-order valence-corrected chi connectivity index (χ3v) is 1.23. The molecule has 0 aromatic rings. The molecule has 48 valence electrons. The van der Waals surface area contributed by atoms with Gasteiger partial charge in [0.05, 0.1) is 6.61 Å². The average Bonchev–Trinajstić information content (AvgIpc) is 1.91. The lowest BCUT2D eigenvalue weighted by atomic mass is 10.1. The second kappa shape index (κ2) is 3.29. The van der Waals surface area contributed by atoms with Crippen LogP contribution in [0.1, 0.15) is 6.42 Å². The molecule has 0 radical (unpaired) electrons. The van der Waals surface area contributed by atoms with Crippen molar-refractivity contribution in [2.45, 2.75) is 6.42 Å². The molecule has 0 N–H and O–H groups in total. The molecule has 1 rings (SSSR count). The zero-order valence-corrected chi connectivity index (χ0v) is 5.55. The van der Waals surface area contributed by atoms with Crippen molar-refractivity contribution in [3.8, 4) is 0 Å². The van der Waals surface area contributed by atoms with Crippen molar-refractivity contribution < 1.29 is 4.74 Å². The summed E-state index contributed by atoms with van der Waals surface area (Å²) in [6.07, 6.45) is 6.96. The SMILES string of the molecule is COCC1=CC=C=CC1. The summed E-state index contributed by atoms with van der Waals surface area (Å²) in [4.78, 5) is 0. The standard InChI is InChI=1S/C8H10O/c1-9-7-8-5-3-2-4-6-8/h3-5H,6-7H2,1H3. The van der Waals surface area contributed by atoms with Gasteiger partial charge in [-0.1, -0.05) is 6.08 Å². The molecule has 1 heteroatoms. The van der Waals surface area contributed by atoms with E-state index in [2.05, 4.69) is 5.73 Å². The highest BCUT2D eigenvalue weighted by Crippen LogP contribution is 2.05. The number of hydrogen-bond acceptors (Lipinski definition) is 1. The maximum atomic E-state index is 4.95. The van der Waals surface area contributed by atoms with Gasteiger partial charge in [0.15, 0.2) is 0 Å². The molecule has 0 saturated heterocycles. The first-order valence-electron chi connectivity index (χ1n) is 3.01. The van der Waals surface area contributed by atoms with Gasteiger partial charge in [0, 0.05) is 7.11 Å². The molecule has 1 aliphatic rings. The van der Waals surface area contributed by atoms with Gasteiger partial charge >= 0.3 is 0 Å². The van der Waals surface area contributed by atoms with Crippen molar-refractivity contribution in [3.63, 3.8) is 0 Å². The summed E-state index contributed by atoms with van der Waals surface area (Å²) in [6, 6.07) is 0. The minimum absolute atomic E-state index is 0.745.